The molecule has 1 heterocycles. The SMILES string of the molecule is CNCC1CC(c2ccccc2OCCOc2ccccc2)NN1. The van der Waals surface area contributed by atoms with E-state index >= 15 is 0 Å². The summed E-state index contributed by atoms with van der Waals surface area (Å²) < 4.78 is 11.6. The van der Waals surface area contributed by atoms with Crippen molar-refractivity contribution in [3.05, 3.63) is 60.2 Å². The Morgan fingerprint density at radius 2 is 1.71 bits per heavy atom. The van der Waals surface area contributed by atoms with Gasteiger partial charge in [-0.15, -0.1) is 0 Å². The molecule has 24 heavy (non-hydrogen) atoms. The number of hydrazine groups is 1. The second kappa shape index (κ2) is 8.68. The highest BCUT2D eigenvalue weighted by molar-refractivity contribution is 5.36. The average Bonchev–Trinajstić information content (AvgIpc) is 3.09. The lowest BCUT2D eigenvalue weighted by Gasteiger charge is -2.16. The van der Waals surface area contributed by atoms with E-state index in [2.05, 4.69) is 28.3 Å². The first-order chi connectivity index (χ1) is 11.9. The third-order valence-electron chi connectivity index (χ3n) is 4.08. The number of benzene rings is 2. The topological polar surface area (TPSA) is 54.5 Å². The molecule has 3 rings (SSSR count). The second-order valence-electron chi connectivity index (χ2n) is 5.88. The molecule has 0 saturated carbocycles. The van der Waals surface area contributed by atoms with Crippen LogP contribution in [0.5, 0.6) is 11.5 Å². The zero-order chi connectivity index (χ0) is 16.6. The van der Waals surface area contributed by atoms with Crippen molar-refractivity contribution < 1.29 is 9.47 Å². The van der Waals surface area contributed by atoms with Crippen molar-refractivity contribution in [1.29, 1.82) is 0 Å². The Kier molecular flexibility index (Phi) is 6.07. The summed E-state index contributed by atoms with van der Waals surface area (Å²) in [6.07, 6.45) is 1.03. The Labute approximate surface area is 143 Å². The average molecular weight is 327 g/mol. The van der Waals surface area contributed by atoms with Gasteiger partial charge < -0.3 is 14.8 Å². The molecule has 2 aromatic carbocycles. The first kappa shape index (κ1) is 16.8. The summed E-state index contributed by atoms with van der Waals surface area (Å²) in [5.74, 6) is 1.78. The Hall–Kier alpha value is -2.08. The zero-order valence-electron chi connectivity index (χ0n) is 14.0. The van der Waals surface area contributed by atoms with Gasteiger partial charge in [0, 0.05) is 18.2 Å². The highest BCUT2D eigenvalue weighted by atomic mass is 16.5. The molecule has 2 atom stereocenters. The summed E-state index contributed by atoms with van der Waals surface area (Å²) >= 11 is 0. The van der Waals surface area contributed by atoms with Crippen molar-refractivity contribution in [3.8, 4) is 11.5 Å². The fourth-order valence-corrected chi connectivity index (χ4v) is 2.93. The molecule has 0 amide bonds. The summed E-state index contributed by atoms with van der Waals surface area (Å²) in [5, 5.41) is 3.20. The standard InChI is InChI=1S/C19H25N3O2/c1-20-14-15-13-18(22-21-15)17-9-5-6-10-19(17)24-12-11-23-16-7-3-2-4-8-16/h2-10,15,18,20-22H,11-14H2,1H3. The molecule has 0 spiro atoms. The summed E-state index contributed by atoms with van der Waals surface area (Å²) in [5.41, 5.74) is 7.88. The largest absolute Gasteiger partial charge is 0.490 e. The smallest absolute Gasteiger partial charge is 0.124 e. The van der Waals surface area contributed by atoms with Crippen LogP contribution in [0.4, 0.5) is 0 Å². The van der Waals surface area contributed by atoms with Gasteiger partial charge in [-0.3, -0.25) is 5.43 Å². The minimum absolute atomic E-state index is 0.259. The predicted octanol–water partition coefficient (Wildman–Crippen LogP) is 2.27. The van der Waals surface area contributed by atoms with Gasteiger partial charge in [-0.05, 0) is 31.7 Å². The van der Waals surface area contributed by atoms with Crippen LogP contribution < -0.4 is 25.6 Å². The highest BCUT2D eigenvalue weighted by Gasteiger charge is 2.26. The molecule has 1 saturated heterocycles. The maximum absolute atomic E-state index is 5.96. The number of likely N-dealkylation sites (N-methyl/N-ethyl adjacent to an activating group) is 1. The van der Waals surface area contributed by atoms with Gasteiger partial charge in [0.15, 0.2) is 0 Å². The maximum Gasteiger partial charge on any atom is 0.124 e. The maximum atomic E-state index is 5.96. The Balaban J connectivity index is 1.53. The van der Waals surface area contributed by atoms with Crippen molar-refractivity contribution in [2.45, 2.75) is 18.5 Å². The molecule has 3 N–H and O–H groups in total. The zero-order valence-corrected chi connectivity index (χ0v) is 14.0. The normalized spacial score (nSPS) is 20.0. The van der Waals surface area contributed by atoms with Crippen LogP contribution in [0, 0.1) is 0 Å². The van der Waals surface area contributed by atoms with E-state index in [0.717, 1.165) is 24.5 Å². The van der Waals surface area contributed by atoms with Crippen LogP contribution in [0.25, 0.3) is 0 Å². The molecule has 0 aromatic heterocycles. The van der Waals surface area contributed by atoms with Gasteiger partial charge in [0.1, 0.15) is 24.7 Å². The summed E-state index contributed by atoms with van der Waals surface area (Å²) in [4.78, 5) is 0. The lowest BCUT2D eigenvalue weighted by Crippen LogP contribution is -2.36. The van der Waals surface area contributed by atoms with Gasteiger partial charge in [0.05, 0.1) is 6.04 Å². The Morgan fingerprint density at radius 1 is 0.958 bits per heavy atom. The number of para-hydroxylation sites is 2. The molecule has 5 heteroatoms. The highest BCUT2D eigenvalue weighted by Crippen LogP contribution is 2.30. The lowest BCUT2D eigenvalue weighted by atomic mass is 10.0. The minimum Gasteiger partial charge on any atom is -0.490 e. The molecule has 2 unspecified atom stereocenters. The molecule has 0 bridgehead atoms. The molecule has 1 fully saturated rings. The van der Waals surface area contributed by atoms with Gasteiger partial charge in [-0.25, -0.2) is 5.43 Å². The van der Waals surface area contributed by atoms with Crippen LogP contribution in [0.1, 0.15) is 18.0 Å². The quantitative estimate of drug-likeness (QED) is 0.650. The summed E-state index contributed by atoms with van der Waals surface area (Å²) in [6, 6.07) is 18.7. The Morgan fingerprint density at radius 3 is 2.54 bits per heavy atom. The van der Waals surface area contributed by atoms with E-state index in [1.165, 1.54) is 5.56 Å². The van der Waals surface area contributed by atoms with Gasteiger partial charge in [-0.2, -0.15) is 0 Å². The van der Waals surface area contributed by atoms with Crippen LogP contribution in [-0.4, -0.2) is 32.8 Å². The number of nitrogens with one attached hydrogen (secondary N) is 3. The first-order valence-corrected chi connectivity index (χ1v) is 8.42. The molecule has 1 aliphatic heterocycles. The van der Waals surface area contributed by atoms with E-state index in [4.69, 9.17) is 9.47 Å². The van der Waals surface area contributed by atoms with E-state index in [0.29, 0.717) is 19.3 Å². The van der Waals surface area contributed by atoms with Crippen LogP contribution in [0.2, 0.25) is 0 Å². The van der Waals surface area contributed by atoms with Crippen LogP contribution in [0.3, 0.4) is 0 Å². The van der Waals surface area contributed by atoms with Crippen molar-refractivity contribution in [1.82, 2.24) is 16.2 Å². The van der Waals surface area contributed by atoms with Crippen LogP contribution >= 0.6 is 0 Å². The van der Waals surface area contributed by atoms with Crippen LogP contribution in [-0.2, 0) is 0 Å². The van der Waals surface area contributed by atoms with E-state index in [-0.39, 0.29) is 6.04 Å². The van der Waals surface area contributed by atoms with Gasteiger partial charge in [0.25, 0.3) is 0 Å². The summed E-state index contributed by atoms with van der Waals surface area (Å²) in [6.45, 7) is 1.99. The van der Waals surface area contributed by atoms with Crippen molar-refractivity contribution >= 4 is 0 Å². The Bertz CT molecular complexity index is 621. The minimum atomic E-state index is 0.259. The molecule has 0 radical (unpaired) electrons. The van der Waals surface area contributed by atoms with Crippen molar-refractivity contribution in [2.75, 3.05) is 26.8 Å². The molecule has 5 nitrogen and oxygen atoms in total. The molecular weight excluding hydrogens is 302 g/mol. The number of hydrogen-bond donors (Lipinski definition) is 3. The molecular formula is C19H25N3O2. The molecule has 2 aromatic rings. The van der Waals surface area contributed by atoms with Crippen molar-refractivity contribution in [3.63, 3.8) is 0 Å². The van der Waals surface area contributed by atoms with Crippen molar-refractivity contribution in [2.24, 2.45) is 0 Å². The molecule has 128 valence electrons. The fraction of sp³-hybridized carbons (Fsp3) is 0.368. The lowest BCUT2D eigenvalue weighted by molar-refractivity contribution is 0.215. The van der Waals surface area contributed by atoms with E-state index < -0.39 is 0 Å². The van der Waals surface area contributed by atoms with E-state index in [1.807, 2.05) is 49.5 Å². The second-order valence-corrected chi connectivity index (χ2v) is 5.88. The predicted molar refractivity (Wildman–Crippen MR) is 95.2 cm³/mol. The van der Waals surface area contributed by atoms with E-state index in [9.17, 15) is 0 Å². The monoisotopic (exact) mass is 327 g/mol. The van der Waals surface area contributed by atoms with Gasteiger partial charge >= 0.3 is 0 Å². The number of ether oxygens (including phenoxy) is 2. The fourth-order valence-electron chi connectivity index (χ4n) is 2.93. The number of rotatable bonds is 8. The molecule has 1 aliphatic rings. The summed E-state index contributed by atoms with van der Waals surface area (Å²) in [7, 11) is 1.97. The van der Waals surface area contributed by atoms with E-state index in [1.54, 1.807) is 0 Å². The molecule has 0 aliphatic carbocycles. The first-order valence-electron chi connectivity index (χ1n) is 8.42. The van der Waals surface area contributed by atoms with Crippen LogP contribution in [0.15, 0.2) is 54.6 Å². The third-order valence-corrected chi connectivity index (χ3v) is 4.08. The number of hydrogen-bond acceptors (Lipinski definition) is 5. The van der Waals surface area contributed by atoms with Gasteiger partial charge in [-0.1, -0.05) is 36.4 Å². The van der Waals surface area contributed by atoms with Gasteiger partial charge in [0.2, 0.25) is 0 Å². The third kappa shape index (κ3) is 4.47.